The third-order valence-corrected chi connectivity index (χ3v) is 6.51. The summed E-state index contributed by atoms with van der Waals surface area (Å²) in [5.74, 6) is -0.142. The zero-order valence-corrected chi connectivity index (χ0v) is 25.8. The van der Waals surface area contributed by atoms with Gasteiger partial charge in [-0.25, -0.2) is 4.79 Å². The summed E-state index contributed by atoms with van der Waals surface area (Å²) in [4.78, 5) is 43.0. The van der Waals surface area contributed by atoms with E-state index in [0.717, 1.165) is 23.1 Å². The average molecular weight is 552 g/mol. The second-order valence-electron chi connectivity index (χ2n) is 12.4. The number of nitrogens with one attached hydrogen (secondary N) is 2. The number of ether oxygens (including phenoxy) is 1. The van der Waals surface area contributed by atoms with Gasteiger partial charge in [0.05, 0.1) is 0 Å². The number of rotatable bonds is 12. The predicted molar refractivity (Wildman–Crippen MR) is 161 cm³/mol. The lowest BCUT2D eigenvalue weighted by atomic mass is 9.95. The van der Waals surface area contributed by atoms with E-state index in [1.165, 1.54) is 0 Å². The van der Waals surface area contributed by atoms with Crippen LogP contribution in [0.2, 0.25) is 0 Å². The van der Waals surface area contributed by atoms with Crippen molar-refractivity contribution in [1.29, 1.82) is 0 Å². The molecule has 0 aliphatic rings. The molecule has 3 unspecified atom stereocenters. The van der Waals surface area contributed by atoms with Crippen molar-refractivity contribution in [3.8, 4) is 0 Å². The molecule has 0 fully saturated rings. The lowest BCUT2D eigenvalue weighted by Gasteiger charge is -2.39. The second-order valence-corrected chi connectivity index (χ2v) is 12.4. The van der Waals surface area contributed by atoms with Gasteiger partial charge in [0.2, 0.25) is 11.8 Å². The van der Waals surface area contributed by atoms with Crippen LogP contribution in [-0.4, -0.2) is 46.5 Å². The molecule has 3 atom stereocenters. The number of amides is 3. The molecule has 3 amide bonds. The minimum Gasteiger partial charge on any atom is -0.444 e. The number of carbonyl (C=O) groups is 3. The summed E-state index contributed by atoms with van der Waals surface area (Å²) in [6.07, 6.45) is 1.19. The number of aryl methyl sites for hydroxylation is 1. The summed E-state index contributed by atoms with van der Waals surface area (Å²) in [6.45, 7) is 17.4. The molecule has 7 nitrogen and oxygen atoms in total. The highest BCUT2D eigenvalue weighted by Crippen LogP contribution is 2.28. The van der Waals surface area contributed by atoms with Gasteiger partial charge in [-0.2, -0.15) is 0 Å². The predicted octanol–water partition coefficient (Wildman–Crippen LogP) is 6.35. The normalized spacial score (nSPS) is 13.9. The Hall–Kier alpha value is -3.35. The van der Waals surface area contributed by atoms with Crippen LogP contribution in [0.15, 0.2) is 54.6 Å². The molecule has 0 saturated carbocycles. The molecule has 2 N–H and O–H groups in total. The molecular formula is C33H49N3O4. The summed E-state index contributed by atoms with van der Waals surface area (Å²) >= 11 is 0. The van der Waals surface area contributed by atoms with Crippen LogP contribution in [0.25, 0.3) is 0 Å². The number of benzene rings is 2. The van der Waals surface area contributed by atoms with Gasteiger partial charge in [-0.15, -0.1) is 0 Å². The van der Waals surface area contributed by atoms with Crippen molar-refractivity contribution in [3.05, 3.63) is 71.3 Å². The van der Waals surface area contributed by atoms with Crippen molar-refractivity contribution in [2.45, 2.75) is 111 Å². The van der Waals surface area contributed by atoms with E-state index in [0.29, 0.717) is 12.3 Å². The van der Waals surface area contributed by atoms with Crippen LogP contribution in [-0.2, 0) is 20.7 Å². The zero-order valence-electron chi connectivity index (χ0n) is 25.8. The molecule has 220 valence electrons. The van der Waals surface area contributed by atoms with E-state index in [1.807, 2.05) is 82.3 Å². The number of hydrogen-bond donors (Lipinski definition) is 2. The maximum atomic E-state index is 14.6. The fourth-order valence-electron chi connectivity index (χ4n) is 4.54. The van der Waals surface area contributed by atoms with E-state index in [1.54, 1.807) is 25.7 Å². The fraction of sp³-hybridized carbons (Fsp3) is 0.545. The first-order chi connectivity index (χ1) is 18.7. The second kappa shape index (κ2) is 14.9. The Morgan fingerprint density at radius 1 is 0.850 bits per heavy atom. The van der Waals surface area contributed by atoms with Gasteiger partial charge in [-0.1, -0.05) is 74.0 Å². The Kier molecular flexibility index (Phi) is 12.2. The van der Waals surface area contributed by atoms with Crippen LogP contribution in [0.4, 0.5) is 4.79 Å². The van der Waals surface area contributed by atoms with Crippen LogP contribution >= 0.6 is 0 Å². The summed E-state index contributed by atoms with van der Waals surface area (Å²) in [7, 11) is 0. The highest BCUT2D eigenvalue weighted by atomic mass is 16.6. The molecule has 0 aliphatic heterocycles. The van der Waals surface area contributed by atoms with E-state index >= 15 is 0 Å². The van der Waals surface area contributed by atoms with Gasteiger partial charge in [0.1, 0.15) is 17.7 Å². The van der Waals surface area contributed by atoms with E-state index in [-0.39, 0.29) is 30.3 Å². The van der Waals surface area contributed by atoms with Gasteiger partial charge >= 0.3 is 6.09 Å². The highest BCUT2D eigenvalue weighted by molar-refractivity contribution is 5.92. The molecular weight excluding hydrogens is 502 g/mol. The Labute approximate surface area is 241 Å². The topological polar surface area (TPSA) is 87.7 Å². The number of nitrogens with zero attached hydrogens (tertiary/aromatic N) is 1. The number of hydrogen-bond acceptors (Lipinski definition) is 4. The molecule has 2 aromatic carbocycles. The summed E-state index contributed by atoms with van der Waals surface area (Å²) in [5, 5.41) is 5.86. The van der Waals surface area contributed by atoms with E-state index in [4.69, 9.17) is 4.74 Å². The van der Waals surface area contributed by atoms with Crippen LogP contribution in [0, 0.1) is 12.8 Å². The average Bonchev–Trinajstić information content (AvgIpc) is 2.84. The lowest BCUT2D eigenvalue weighted by Crippen LogP contribution is -2.56. The van der Waals surface area contributed by atoms with Gasteiger partial charge in [0, 0.05) is 18.5 Å². The van der Waals surface area contributed by atoms with Crippen molar-refractivity contribution >= 4 is 17.9 Å². The Morgan fingerprint density at radius 3 is 1.98 bits per heavy atom. The third-order valence-electron chi connectivity index (χ3n) is 6.51. The largest absolute Gasteiger partial charge is 0.444 e. The first-order valence-electron chi connectivity index (χ1n) is 14.4. The molecule has 0 heterocycles. The van der Waals surface area contributed by atoms with Gasteiger partial charge in [-0.05, 0) is 78.4 Å². The summed E-state index contributed by atoms with van der Waals surface area (Å²) in [6, 6.07) is 15.1. The Balaban J connectivity index is 2.62. The molecule has 0 radical (unpaired) electrons. The Bertz CT molecular complexity index is 1090. The van der Waals surface area contributed by atoms with E-state index in [2.05, 4.69) is 24.5 Å². The van der Waals surface area contributed by atoms with Crippen molar-refractivity contribution in [3.63, 3.8) is 0 Å². The van der Waals surface area contributed by atoms with Crippen LogP contribution in [0.5, 0.6) is 0 Å². The minimum atomic E-state index is -0.932. The molecule has 2 aromatic rings. The van der Waals surface area contributed by atoms with Crippen LogP contribution < -0.4 is 10.6 Å². The van der Waals surface area contributed by atoms with E-state index in [9.17, 15) is 14.4 Å². The molecule has 0 saturated heterocycles. The number of carbonyl (C=O) groups excluding carboxylic acids is 3. The van der Waals surface area contributed by atoms with Gasteiger partial charge in [-0.3, -0.25) is 9.59 Å². The maximum Gasteiger partial charge on any atom is 0.408 e. The molecule has 0 bridgehead atoms. The SMILES string of the molecule is Cc1ccc(C(C(=O)NC(C)C)N(C(=O)C(Cc2ccccc2)NC(=O)OC(C)(C)C)C(C)CCC(C)C)cc1. The third kappa shape index (κ3) is 10.7. The number of alkyl carbamates (subject to hydrolysis) is 1. The van der Waals surface area contributed by atoms with Crippen molar-refractivity contribution in [2.24, 2.45) is 5.92 Å². The Morgan fingerprint density at radius 2 is 1.45 bits per heavy atom. The monoisotopic (exact) mass is 551 g/mol. The highest BCUT2D eigenvalue weighted by Gasteiger charge is 2.39. The standard InChI is InChI=1S/C33H49N3O4/c1-22(2)15-18-25(6)36(29(30(37)34-23(3)4)27-19-16-24(5)17-20-27)31(38)28(21-26-13-11-10-12-14-26)35-32(39)40-33(7,8)9/h10-14,16-17,19-20,22-23,25,28-29H,15,18,21H2,1-9H3,(H,34,37)(H,35,39). The van der Waals surface area contributed by atoms with Crippen molar-refractivity contribution < 1.29 is 19.1 Å². The van der Waals surface area contributed by atoms with Gasteiger partial charge in [0.25, 0.3) is 0 Å². The lowest BCUT2D eigenvalue weighted by molar-refractivity contribution is -0.145. The molecule has 0 spiro atoms. The first-order valence-corrected chi connectivity index (χ1v) is 14.4. The first kappa shape index (κ1) is 32.9. The fourth-order valence-corrected chi connectivity index (χ4v) is 4.54. The molecule has 0 aromatic heterocycles. The molecule has 7 heteroatoms. The maximum absolute atomic E-state index is 14.6. The van der Waals surface area contributed by atoms with E-state index < -0.39 is 23.8 Å². The molecule has 0 aliphatic carbocycles. The molecule has 2 rings (SSSR count). The molecule has 40 heavy (non-hydrogen) atoms. The van der Waals surface area contributed by atoms with Crippen LogP contribution in [0.3, 0.4) is 0 Å². The van der Waals surface area contributed by atoms with Gasteiger partial charge in [0.15, 0.2) is 0 Å². The smallest absolute Gasteiger partial charge is 0.408 e. The van der Waals surface area contributed by atoms with Gasteiger partial charge < -0.3 is 20.3 Å². The van der Waals surface area contributed by atoms with Crippen molar-refractivity contribution in [2.75, 3.05) is 0 Å². The zero-order chi connectivity index (χ0) is 30.0. The summed E-state index contributed by atoms with van der Waals surface area (Å²) in [5.41, 5.74) is 1.96. The summed E-state index contributed by atoms with van der Waals surface area (Å²) < 4.78 is 5.53. The van der Waals surface area contributed by atoms with Crippen molar-refractivity contribution in [1.82, 2.24) is 15.5 Å². The minimum absolute atomic E-state index is 0.108. The quantitative estimate of drug-likeness (QED) is 0.322. The van der Waals surface area contributed by atoms with Crippen LogP contribution in [0.1, 0.15) is 91.0 Å².